The van der Waals surface area contributed by atoms with Crippen molar-refractivity contribution >= 4 is 27.5 Å². The molecule has 0 aliphatic carbocycles. The Labute approximate surface area is 163 Å². The number of nitrogens with one attached hydrogen (secondary N) is 1. The Morgan fingerprint density at radius 2 is 1.86 bits per heavy atom. The molecule has 0 aromatic heterocycles. The fourth-order valence-corrected chi connectivity index (χ4v) is 4.46. The molecule has 0 radical (unpaired) electrons. The molecule has 7 nitrogen and oxygen atoms in total. The van der Waals surface area contributed by atoms with Crippen molar-refractivity contribution in [1.82, 2.24) is 4.31 Å². The van der Waals surface area contributed by atoms with Crippen LogP contribution >= 0.6 is 0 Å². The minimum absolute atomic E-state index is 0.0169. The number of sulfonamides is 1. The average molecular weight is 400 g/mol. The SMILES string of the molecule is C=CCOc1ccc(NC(=O)CCCN2C(=O)c3ccccc3S2(=O)=O)cc1. The van der Waals surface area contributed by atoms with Gasteiger partial charge in [-0.1, -0.05) is 24.8 Å². The first kappa shape index (κ1) is 19.6. The lowest BCUT2D eigenvalue weighted by Crippen LogP contribution is -2.31. The second-order valence-electron chi connectivity index (χ2n) is 6.15. The van der Waals surface area contributed by atoms with Crippen LogP contribution in [-0.2, 0) is 14.8 Å². The average Bonchev–Trinajstić information content (AvgIpc) is 2.88. The number of nitrogens with zero attached hydrogens (tertiary/aromatic N) is 1. The summed E-state index contributed by atoms with van der Waals surface area (Å²) in [5.74, 6) is -0.150. The number of amides is 2. The Hall–Kier alpha value is -3.13. The highest BCUT2D eigenvalue weighted by molar-refractivity contribution is 7.90. The molecular formula is C20H20N2O5S. The van der Waals surface area contributed by atoms with Crippen LogP contribution in [0.1, 0.15) is 23.2 Å². The summed E-state index contributed by atoms with van der Waals surface area (Å²) in [5, 5.41) is 2.73. The zero-order chi connectivity index (χ0) is 20.1. The number of carbonyl (C=O) groups is 2. The lowest BCUT2D eigenvalue weighted by Gasteiger charge is -2.14. The fourth-order valence-electron chi connectivity index (χ4n) is 2.85. The van der Waals surface area contributed by atoms with E-state index in [4.69, 9.17) is 4.74 Å². The van der Waals surface area contributed by atoms with E-state index >= 15 is 0 Å². The van der Waals surface area contributed by atoms with Crippen molar-refractivity contribution in [3.63, 3.8) is 0 Å². The number of fused-ring (bicyclic) bond motifs is 1. The largest absolute Gasteiger partial charge is 0.490 e. The minimum Gasteiger partial charge on any atom is -0.490 e. The van der Waals surface area contributed by atoms with Gasteiger partial charge in [0.1, 0.15) is 17.3 Å². The predicted octanol–water partition coefficient (Wildman–Crippen LogP) is 2.81. The number of rotatable bonds is 8. The van der Waals surface area contributed by atoms with Crippen LogP contribution in [0.2, 0.25) is 0 Å². The summed E-state index contributed by atoms with van der Waals surface area (Å²) in [6.45, 7) is 3.92. The van der Waals surface area contributed by atoms with E-state index in [-0.39, 0.29) is 35.8 Å². The van der Waals surface area contributed by atoms with Gasteiger partial charge in [-0.05, 0) is 42.8 Å². The van der Waals surface area contributed by atoms with Gasteiger partial charge in [-0.2, -0.15) is 0 Å². The van der Waals surface area contributed by atoms with Gasteiger partial charge in [0.05, 0.1) is 5.56 Å². The molecule has 0 saturated carbocycles. The van der Waals surface area contributed by atoms with Crippen LogP contribution in [0.3, 0.4) is 0 Å². The summed E-state index contributed by atoms with van der Waals surface area (Å²) in [5.41, 5.74) is 0.777. The maximum Gasteiger partial charge on any atom is 0.269 e. The Morgan fingerprint density at radius 3 is 2.54 bits per heavy atom. The van der Waals surface area contributed by atoms with Crippen molar-refractivity contribution in [2.75, 3.05) is 18.5 Å². The molecule has 0 fully saturated rings. The van der Waals surface area contributed by atoms with Gasteiger partial charge in [0.15, 0.2) is 0 Å². The van der Waals surface area contributed by atoms with Gasteiger partial charge in [0, 0.05) is 18.7 Å². The molecule has 1 N–H and O–H groups in total. The summed E-state index contributed by atoms with van der Waals surface area (Å²) in [6, 6.07) is 13.0. The smallest absolute Gasteiger partial charge is 0.269 e. The van der Waals surface area contributed by atoms with E-state index in [1.807, 2.05) is 0 Å². The first-order valence-electron chi connectivity index (χ1n) is 8.73. The molecule has 2 aromatic rings. The Balaban J connectivity index is 1.52. The lowest BCUT2D eigenvalue weighted by atomic mass is 10.2. The third-order valence-electron chi connectivity index (χ3n) is 4.18. The zero-order valence-electron chi connectivity index (χ0n) is 15.1. The normalized spacial score (nSPS) is 14.4. The van der Waals surface area contributed by atoms with Crippen LogP contribution in [0.15, 0.2) is 66.1 Å². The van der Waals surface area contributed by atoms with Gasteiger partial charge < -0.3 is 10.1 Å². The Bertz CT molecular complexity index is 1000. The summed E-state index contributed by atoms with van der Waals surface area (Å²) in [6.07, 6.45) is 1.95. The third-order valence-corrected chi connectivity index (χ3v) is 6.02. The second-order valence-corrected chi connectivity index (χ2v) is 7.99. The molecule has 28 heavy (non-hydrogen) atoms. The molecular weight excluding hydrogens is 380 g/mol. The highest BCUT2D eigenvalue weighted by atomic mass is 32.2. The van der Waals surface area contributed by atoms with Gasteiger partial charge >= 0.3 is 0 Å². The molecule has 2 aromatic carbocycles. The molecule has 0 atom stereocenters. The van der Waals surface area contributed by atoms with Crippen LogP contribution in [0, 0.1) is 0 Å². The highest BCUT2D eigenvalue weighted by Gasteiger charge is 2.40. The van der Waals surface area contributed by atoms with E-state index in [1.165, 1.54) is 12.1 Å². The quantitative estimate of drug-likeness (QED) is 0.688. The van der Waals surface area contributed by atoms with Crippen molar-refractivity contribution in [2.24, 2.45) is 0 Å². The Morgan fingerprint density at radius 1 is 1.14 bits per heavy atom. The van der Waals surface area contributed by atoms with Gasteiger partial charge in [-0.3, -0.25) is 9.59 Å². The van der Waals surface area contributed by atoms with Crippen LogP contribution in [0.5, 0.6) is 5.75 Å². The van der Waals surface area contributed by atoms with Gasteiger partial charge in [0.2, 0.25) is 5.91 Å². The highest BCUT2D eigenvalue weighted by Crippen LogP contribution is 2.30. The van der Waals surface area contributed by atoms with Crippen molar-refractivity contribution in [2.45, 2.75) is 17.7 Å². The molecule has 146 valence electrons. The van der Waals surface area contributed by atoms with Crippen molar-refractivity contribution in [3.8, 4) is 5.75 Å². The lowest BCUT2D eigenvalue weighted by molar-refractivity contribution is -0.116. The third kappa shape index (κ3) is 4.07. The fraction of sp³-hybridized carbons (Fsp3) is 0.200. The van der Waals surface area contributed by atoms with E-state index in [9.17, 15) is 18.0 Å². The number of anilines is 1. The molecule has 0 saturated heterocycles. The van der Waals surface area contributed by atoms with Gasteiger partial charge in [-0.15, -0.1) is 0 Å². The maximum atomic E-state index is 12.5. The van der Waals surface area contributed by atoms with Crippen LogP contribution < -0.4 is 10.1 Å². The van der Waals surface area contributed by atoms with E-state index in [1.54, 1.807) is 42.5 Å². The van der Waals surface area contributed by atoms with Crippen LogP contribution in [0.4, 0.5) is 5.69 Å². The van der Waals surface area contributed by atoms with E-state index in [2.05, 4.69) is 11.9 Å². The summed E-state index contributed by atoms with van der Waals surface area (Å²) in [7, 11) is -3.83. The zero-order valence-corrected chi connectivity index (χ0v) is 15.9. The summed E-state index contributed by atoms with van der Waals surface area (Å²) >= 11 is 0. The number of hydrogen-bond acceptors (Lipinski definition) is 5. The predicted molar refractivity (Wildman–Crippen MR) is 105 cm³/mol. The molecule has 0 bridgehead atoms. The van der Waals surface area contributed by atoms with Crippen molar-refractivity contribution in [3.05, 3.63) is 66.7 Å². The molecule has 0 unspecified atom stereocenters. The molecule has 1 aliphatic rings. The van der Waals surface area contributed by atoms with E-state index in [0.29, 0.717) is 18.0 Å². The molecule has 1 aliphatic heterocycles. The van der Waals surface area contributed by atoms with Crippen LogP contribution in [-0.4, -0.2) is 37.7 Å². The molecule has 3 rings (SSSR count). The number of carbonyl (C=O) groups excluding carboxylic acids is 2. The first-order chi connectivity index (χ1) is 13.4. The van der Waals surface area contributed by atoms with Gasteiger partial charge in [0.25, 0.3) is 15.9 Å². The molecule has 0 spiro atoms. The minimum atomic E-state index is -3.83. The van der Waals surface area contributed by atoms with Gasteiger partial charge in [-0.25, -0.2) is 12.7 Å². The van der Waals surface area contributed by atoms with Crippen molar-refractivity contribution in [1.29, 1.82) is 0 Å². The monoisotopic (exact) mass is 400 g/mol. The summed E-state index contributed by atoms with van der Waals surface area (Å²) < 4.78 is 31.1. The maximum absolute atomic E-state index is 12.5. The van der Waals surface area contributed by atoms with Crippen LogP contribution in [0.25, 0.3) is 0 Å². The second kappa shape index (κ2) is 8.26. The molecule has 2 amide bonds. The summed E-state index contributed by atoms with van der Waals surface area (Å²) in [4.78, 5) is 24.4. The number of hydrogen-bond donors (Lipinski definition) is 1. The van der Waals surface area contributed by atoms with Crippen molar-refractivity contribution < 1.29 is 22.7 Å². The Kier molecular flexibility index (Phi) is 5.79. The molecule has 1 heterocycles. The first-order valence-corrected chi connectivity index (χ1v) is 10.2. The van der Waals surface area contributed by atoms with E-state index in [0.717, 1.165) is 4.31 Å². The molecule has 8 heteroatoms. The topological polar surface area (TPSA) is 92.8 Å². The number of ether oxygens (including phenoxy) is 1. The van der Waals surface area contributed by atoms with E-state index < -0.39 is 15.9 Å². The standard InChI is InChI=1S/C20H20N2O5S/c1-2-14-27-16-11-9-15(10-12-16)21-19(23)8-5-13-22-20(24)17-6-3-4-7-18(17)28(22,25)26/h2-4,6-7,9-12H,1,5,8,13-14H2,(H,21,23). The number of benzene rings is 2.